The summed E-state index contributed by atoms with van der Waals surface area (Å²) in [6.07, 6.45) is 3.11. The summed E-state index contributed by atoms with van der Waals surface area (Å²) in [4.78, 5) is 20.7. The molecule has 22 heavy (non-hydrogen) atoms. The summed E-state index contributed by atoms with van der Waals surface area (Å²) in [6, 6.07) is 5.52. The van der Waals surface area contributed by atoms with Gasteiger partial charge in [-0.2, -0.15) is 5.10 Å². The molecule has 0 radical (unpaired) electrons. The van der Waals surface area contributed by atoms with Gasteiger partial charge in [0.25, 0.3) is 5.91 Å². The lowest BCUT2D eigenvalue weighted by Crippen LogP contribution is -2.35. The summed E-state index contributed by atoms with van der Waals surface area (Å²) < 4.78 is 3.70. The molecule has 1 unspecified atom stereocenters. The number of hydrogen-bond acceptors (Lipinski definition) is 4. The van der Waals surface area contributed by atoms with Crippen LogP contribution in [-0.2, 0) is 13.6 Å². The van der Waals surface area contributed by atoms with Crippen LogP contribution < -0.4 is 5.32 Å². The van der Waals surface area contributed by atoms with Crippen LogP contribution in [0.5, 0.6) is 0 Å². The quantitative estimate of drug-likeness (QED) is 0.787. The molecule has 7 heteroatoms. The predicted molar refractivity (Wildman–Crippen MR) is 82.4 cm³/mol. The zero-order chi connectivity index (χ0) is 15.7. The molecule has 114 valence electrons. The van der Waals surface area contributed by atoms with Gasteiger partial charge in [-0.1, -0.05) is 0 Å². The molecule has 0 saturated carbocycles. The van der Waals surface area contributed by atoms with Crippen molar-refractivity contribution in [2.75, 3.05) is 0 Å². The SMILES string of the molecule is Cc1nc2cc(C(=O)NC(C)Cn3cncn3)ccc2n1C. The van der Waals surface area contributed by atoms with Crippen molar-refractivity contribution < 1.29 is 4.79 Å². The number of carbonyl (C=O) groups is 1. The van der Waals surface area contributed by atoms with Crippen molar-refractivity contribution in [1.29, 1.82) is 0 Å². The smallest absolute Gasteiger partial charge is 0.251 e. The Morgan fingerprint density at radius 1 is 1.41 bits per heavy atom. The van der Waals surface area contributed by atoms with Crippen molar-refractivity contribution in [2.24, 2.45) is 7.05 Å². The summed E-state index contributed by atoms with van der Waals surface area (Å²) in [5.74, 6) is 0.810. The number of benzene rings is 1. The van der Waals surface area contributed by atoms with Gasteiger partial charge in [0.05, 0.1) is 17.6 Å². The molecule has 0 spiro atoms. The molecule has 3 aromatic rings. The van der Waals surface area contributed by atoms with E-state index in [0.29, 0.717) is 12.1 Å². The molecule has 0 aliphatic heterocycles. The Bertz CT molecular complexity index is 805. The van der Waals surface area contributed by atoms with Crippen molar-refractivity contribution in [2.45, 2.75) is 26.4 Å². The Hall–Kier alpha value is -2.70. The number of nitrogens with one attached hydrogen (secondary N) is 1. The van der Waals surface area contributed by atoms with Gasteiger partial charge in [0.2, 0.25) is 0 Å². The Morgan fingerprint density at radius 2 is 2.23 bits per heavy atom. The summed E-state index contributed by atoms with van der Waals surface area (Å²) in [5, 5.41) is 6.99. The highest BCUT2D eigenvalue weighted by atomic mass is 16.1. The van der Waals surface area contributed by atoms with E-state index in [9.17, 15) is 4.79 Å². The van der Waals surface area contributed by atoms with E-state index < -0.39 is 0 Å². The van der Waals surface area contributed by atoms with Crippen molar-refractivity contribution in [3.05, 3.63) is 42.2 Å². The molecule has 1 N–H and O–H groups in total. The number of fused-ring (bicyclic) bond motifs is 1. The third-order valence-electron chi connectivity index (χ3n) is 3.67. The molecule has 3 rings (SSSR count). The molecular weight excluding hydrogens is 280 g/mol. The minimum absolute atomic E-state index is 0.0460. The predicted octanol–water partition coefficient (Wildman–Crippen LogP) is 1.29. The molecule has 7 nitrogen and oxygen atoms in total. The highest BCUT2D eigenvalue weighted by molar-refractivity contribution is 5.97. The number of rotatable bonds is 4. The number of hydrogen-bond donors (Lipinski definition) is 1. The second kappa shape index (κ2) is 5.59. The van der Waals surface area contributed by atoms with Crippen LogP contribution in [0, 0.1) is 6.92 Å². The number of amides is 1. The maximum atomic E-state index is 12.3. The largest absolute Gasteiger partial charge is 0.348 e. The second-order valence-electron chi connectivity index (χ2n) is 5.41. The van der Waals surface area contributed by atoms with E-state index in [1.807, 2.05) is 43.7 Å². The second-order valence-corrected chi connectivity index (χ2v) is 5.41. The maximum Gasteiger partial charge on any atom is 0.251 e. The zero-order valence-corrected chi connectivity index (χ0v) is 12.8. The summed E-state index contributed by atoms with van der Waals surface area (Å²) in [5.41, 5.74) is 2.46. The van der Waals surface area contributed by atoms with Crippen LogP contribution in [0.2, 0.25) is 0 Å². The molecule has 1 amide bonds. The van der Waals surface area contributed by atoms with Gasteiger partial charge >= 0.3 is 0 Å². The molecule has 0 aliphatic rings. The Balaban J connectivity index is 1.74. The van der Waals surface area contributed by atoms with E-state index in [-0.39, 0.29) is 11.9 Å². The van der Waals surface area contributed by atoms with Gasteiger partial charge < -0.3 is 9.88 Å². The molecule has 1 atom stereocenters. The zero-order valence-electron chi connectivity index (χ0n) is 12.8. The normalized spacial score (nSPS) is 12.5. The lowest BCUT2D eigenvalue weighted by atomic mass is 10.1. The molecule has 2 aromatic heterocycles. The highest BCUT2D eigenvalue weighted by Gasteiger charge is 2.13. The fourth-order valence-corrected chi connectivity index (χ4v) is 2.42. The standard InChI is InChI=1S/C15H18N6O/c1-10(7-21-9-16-8-17-21)18-15(22)12-4-5-14-13(6-12)19-11(2)20(14)3/h4-6,8-10H,7H2,1-3H3,(H,18,22). The van der Waals surface area contributed by atoms with Crippen LogP contribution in [0.4, 0.5) is 0 Å². The summed E-state index contributed by atoms with van der Waals surface area (Å²) in [7, 11) is 1.96. The first-order chi connectivity index (χ1) is 10.5. The number of imidazole rings is 1. The van der Waals surface area contributed by atoms with Crippen LogP contribution in [0.1, 0.15) is 23.1 Å². The fraction of sp³-hybridized carbons (Fsp3) is 0.333. The molecule has 0 fully saturated rings. The molecule has 0 saturated heterocycles. The van der Waals surface area contributed by atoms with Crippen molar-refractivity contribution in [3.63, 3.8) is 0 Å². The van der Waals surface area contributed by atoms with E-state index in [1.165, 1.54) is 6.33 Å². The Labute approximate surface area is 128 Å². The van der Waals surface area contributed by atoms with E-state index in [4.69, 9.17) is 0 Å². The van der Waals surface area contributed by atoms with E-state index in [2.05, 4.69) is 20.4 Å². The van der Waals surface area contributed by atoms with Gasteiger partial charge in [0, 0.05) is 18.7 Å². The van der Waals surface area contributed by atoms with Crippen molar-refractivity contribution >= 4 is 16.9 Å². The first kappa shape index (κ1) is 14.2. The average Bonchev–Trinajstić information content (AvgIpc) is 3.07. The minimum atomic E-state index is -0.113. The monoisotopic (exact) mass is 298 g/mol. The third kappa shape index (κ3) is 2.69. The molecule has 2 heterocycles. The van der Waals surface area contributed by atoms with Crippen molar-refractivity contribution in [3.8, 4) is 0 Å². The number of nitrogens with zero attached hydrogens (tertiary/aromatic N) is 5. The maximum absolute atomic E-state index is 12.3. The Kier molecular flexibility index (Phi) is 3.62. The van der Waals surface area contributed by atoms with Crippen LogP contribution >= 0.6 is 0 Å². The number of carbonyl (C=O) groups excluding carboxylic acids is 1. The van der Waals surface area contributed by atoms with E-state index in [1.54, 1.807) is 11.0 Å². The fourth-order valence-electron chi connectivity index (χ4n) is 2.42. The third-order valence-corrected chi connectivity index (χ3v) is 3.67. The summed E-state index contributed by atoms with van der Waals surface area (Å²) >= 11 is 0. The lowest BCUT2D eigenvalue weighted by molar-refractivity contribution is 0.0936. The Morgan fingerprint density at radius 3 is 2.95 bits per heavy atom. The molecule has 0 bridgehead atoms. The summed E-state index contributed by atoms with van der Waals surface area (Å²) in [6.45, 7) is 4.46. The molecule has 1 aromatic carbocycles. The van der Waals surface area contributed by atoms with Gasteiger partial charge in [-0.15, -0.1) is 0 Å². The van der Waals surface area contributed by atoms with Gasteiger partial charge in [-0.3, -0.25) is 9.48 Å². The topological polar surface area (TPSA) is 77.6 Å². The first-order valence-corrected chi connectivity index (χ1v) is 7.11. The van der Waals surface area contributed by atoms with Crippen LogP contribution in [0.25, 0.3) is 11.0 Å². The van der Waals surface area contributed by atoms with Gasteiger partial charge in [0.15, 0.2) is 0 Å². The first-order valence-electron chi connectivity index (χ1n) is 7.11. The van der Waals surface area contributed by atoms with Gasteiger partial charge in [-0.05, 0) is 32.0 Å². The van der Waals surface area contributed by atoms with E-state index in [0.717, 1.165) is 16.9 Å². The molecular formula is C15H18N6O. The van der Waals surface area contributed by atoms with Gasteiger partial charge in [-0.25, -0.2) is 9.97 Å². The highest BCUT2D eigenvalue weighted by Crippen LogP contribution is 2.16. The number of aryl methyl sites for hydroxylation is 2. The van der Waals surface area contributed by atoms with E-state index >= 15 is 0 Å². The van der Waals surface area contributed by atoms with Crippen molar-refractivity contribution in [1.82, 2.24) is 29.6 Å². The minimum Gasteiger partial charge on any atom is -0.348 e. The van der Waals surface area contributed by atoms with Crippen LogP contribution in [0.15, 0.2) is 30.9 Å². The number of aromatic nitrogens is 5. The van der Waals surface area contributed by atoms with Crippen LogP contribution in [-0.4, -0.2) is 36.3 Å². The van der Waals surface area contributed by atoms with Gasteiger partial charge in [0.1, 0.15) is 18.5 Å². The lowest BCUT2D eigenvalue weighted by Gasteiger charge is -2.13. The average molecular weight is 298 g/mol. The van der Waals surface area contributed by atoms with Crippen LogP contribution in [0.3, 0.4) is 0 Å². The molecule has 0 aliphatic carbocycles.